The van der Waals surface area contributed by atoms with Crippen molar-refractivity contribution < 1.29 is 8.42 Å². The van der Waals surface area contributed by atoms with E-state index in [1.165, 1.54) is 0 Å². The van der Waals surface area contributed by atoms with Gasteiger partial charge in [0.15, 0.2) is 0 Å². The number of rotatable bonds is 4. The zero-order valence-corrected chi connectivity index (χ0v) is 15.0. The Balaban J connectivity index is 2.36. The second-order valence-corrected chi connectivity index (χ2v) is 7.80. The molecule has 5 nitrogen and oxygen atoms in total. The van der Waals surface area contributed by atoms with E-state index in [0.29, 0.717) is 14.6 Å². The van der Waals surface area contributed by atoms with E-state index in [9.17, 15) is 8.42 Å². The van der Waals surface area contributed by atoms with Crippen LogP contribution in [0.15, 0.2) is 50.5 Å². The molecule has 1 aromatic carbocycles. The molecule has 0 saturated carbocycles. The van der Waals surface area contributed by atoms with Crippen LogP contribution >= 0.6 is 31.9 Å². The quantitative estimate of drug-likeness (QED) is 0.723. The van der Waals surface area contributed by atoms with Crippen molar-refractivity contribution in [2.45, 2.75) is 17.9 Å². The second-order valence-electron chi connectivity index (χ2n) is 4.44. The van der Waals surface area contributed by atoms with Crippen molar-refractivity contribution in [2.24, 2.45) is 0 Å². The topological polar surface area (TPSA) is 85.1 Å². The molecule has 1 aromatic heterocycles. The lowest BCUT2D eigenvalue weighted by Gasteiger charge is -2.16. The van der Waals surface area contributed by atoms with E-state index in [1.54, 1.807) is 37.5 Å². The number of benzene rings is 1. The summed E-state index contributed by atoms with van der Waals surface area (Å²) >= 11 is 6.48. The highest BCUT2D eigenvalue weighted by molar-refractivity contribution is 9.11. The summed E-state index contributed by atoms with van der Waals surface area (Å²) in [6.07, 6.45) is 3.26. The number of aromatic nitrogens is 1. The summed E-state index contributed by atoms with van der Waals surface area (Å²) in [4.78, 5) is 4.10. The summed E-state index contributed by atoms with van der Waals surface area (Å²) in [6.45, 7) is 1.76. The third-order valence-electron chi connectivity index (χ3n) is 2.81. The molecule has 2 rings (SSSR count). The number of pyridine rings is 1. The molecule has 1 atom stereocenters. The van der Waals surface area contributed by atoms with Gasteiger partial charge in [-0.05, 0) is 62.5 Å². The molecule has 0 aliphatic heterocycles. The van der Waals surface area contributed by atoms with E-state index in [1.807, 2.05) is 6.07 Å². The van der Waals surface area contributed by atoms with E-state index in [4.69, 9.17) is 5.73 Å². The summed E-state index contributed by atoms with van der Waals surface area (Å²) in [7, 11) is -3.71. The Bertz CT molecular complexity index is 728. The highest BCUT2D eigenvalue weighted by Crippen LogP contribution is 2.33. The molecule has 8 heteroatoms. The van der Waals surface area contributed by atoms with E-state index < -0.39 is 16.1 Å². The molecular formula is C13H13Br2N3O2S. The van der Waals surface area contributed by atoms with E-state index in [0.717, 1.165) is 5.56 Å². The molecule has 0 saturated heterocycles. The van der Waals surface area contributed by atoms with Gasteiger partial charge in [0.05, 0.1) is 0 Å². The van der Waals surface area contributed by atoms with Crippen LogP contribution in [-0.2, 0) is 10.0 Å². The van der Waals surface area contributed by atoms with Gasteiger partial charge in [-0.3, -0.25) is 4.98 Å². The van der Waals surface area contributed by atoms with Crippen LogP contribution in [0, 0.1) is 0 Å². The van der Waals surface area contributed by atoms with Crippen molar-refractivity contribution in [3.63, 3.8) is 0 Å². The summed E-state index contributed by atoms with van der Waals surface area (Å²) in [5.41, 5.74) is 6.93. The highest BCUT2D eigenvalue weighted by atomic mass is 79.9. The van der Waals surface area contributed by atoms with Crippen molar-refractivity contribution in [1.82, 2.24) is 9.71 Å². The monoisotopic (exact) mass is 433 g/mol. The van der Waals surface area contributed by atoms with E-state index in [-0.39, 0.29) is 4.90 Å². The number of nitrogen functional groups attached to an aromatic ring is 1. The summed E-state index contributed by atoms with van der Waals surface area (Å²) in [5, 5.41) is 0. The van der Waals surface area contributed by atoms with Crippen LogP contribution in [0.2, 0.25) is 0 Å². The van der Waals surface area contributed by atoms with Crippen molar-refractivity contribution in [2.75, 3.05) is 5.73 Å². The van der Waals surface area contributed by atoms with Crippen molar-refractivity contribution in [1.29, 1.82) is 0 Å². The number of nitrogens with two attached hydrogens (primary N) is 1. The molecule has 0 amide bonds. The molecule has 0 aliphatic rings. The normalized spacial score (nSPS) is 13.1. The first kappa shape index (κ1) is 16.4. The van der Waals surface area contributed by atoms with Crippen LogP contribution in [0.3, 0.4) is 0 Å². The van der Waals surface area contributed by atoms with Crippen LogP contribution < -0.4 is 10.5 Å². The number of anilines is 1. The number of halogens is 2. The van der Waals surface area contributed by atoms with Gasteiger partial charge in [0.2, 0.25) is 10.0 Å². The fourth-order valence-electron chi connectivity index (χ4n) is 1.83. The van der Waals surface area contributed by atoms with Crippen LogP contribution in [0.1, 0.15) is 18.5 Å². The third-order valence-corrected chi connectivity index (χ3v) is 6.22. The standard InChI is InChI=1S/C13H13Br2N3O2S/c1-8(9-3-2-4-17-7-9)18-21(19,20)13-11(14)5-10(16)6-12(13)15/h2-8,18H,16H2,1H3. The van der Waals surface area contributed by atoms with Gasteiger partial charge in [-0.2, -0.15) is 0 Å². The zero-order valence-electron chi connectivity index (χ0n) is 11.0. The first-order valence-corrected chi connectivity index (χ1v) is 9.05. The van der Waals surface area contributed by atoms with Crippen LogP contribution in [-0.4, -0.2) is 13.4 Å². The number of nitrogens with one attached hydrogen (secondary N) is 1. The minimum atomic E-state index is -3.71. The molecular weight excluding hydrogens is 422 g/mol. The van der Waals surface area contributed by atoms with Gasteiger partial charge >= 0.3 is 0 Å². The lowest BCUT2D eigenvalue weighted by Crippen LogP contribution is -2.27. The molecule has 1 unspecified atom stereocenters. The van der Waals surface area contributed by atoms with Crippen molar-refractivity contribution in [3.05, 3.63) is 51.2 Å². The molecule has 3 N–H and O–H groups in total. The van der Waals surface area contributed by atoms with Gasteiger partial charge in [-0.1, -0.05) is 6.07 Å². The van der Waals surface area contributed by atoms with Crippen molar-refractivity contribution in [3.8, 4) is 0 Å². The Morgan fingerprint density at radius 1 is 1.29 bits per heavy atom. The van der Waals surface area contributed by atoms with Crippen LogP contribution in [0.25, 0.3) is 0 Å². The minimum absolute atomic E-state index is 0.118. The van der Waals surface area contributed by atoms with Gasteiger partial charge < -0.3 is 5.73 Å². The van der Waals surface area contributed by atoms with Gasteiger partial charge in [0.1, 0.15) is 4.90 Å². The summed E-state index contributed by atoms with van der Waals surface area (Å²) in [6, 6.07) is 6.27. The summed E-state index contributed by atoms with van der Waals surface area (Å²) in [5.74, 6) is 0. The van der Waals surface area contributed by atoms with E-state index >= 15 is 0 Å². The van der Waals surface area contributed by atoms with Crippen LogP contribution in [0.4, 0.5) is 5.69 Å². The molecule has 0 aliphatic carbocycles. The second kappa shape index (κ2) is 6.43. The van der Waals surface area contributed by atoms with Gasteiger partial charge in [-0.25, -0.2) is 13.1 Å². The predicted octanol–water partition coefficient (Wildman–Crippen LogP) is 3.23. The molecule has 0 bridgehead atoms. The van der Waals surface area contributed by atoms with Crippen molar-refractivity contribution >= 4 is 47.6 Å². The maximum atomic E-state index is 12.5. The number of hydrogen-bond acceptors (Lipinski definition) is 4. The fraction of sp³-hybridized carbons (Fsp3) is 0.154. The molecule has 1 heterocycles. The van der Waals surface area contributed by atoms with Gasteiger partial charge in [0, 0.05) is 33.1 Å². The lowest BCUT2D eigenvalue weighted by molar-refractivity contribution is 0.565. The average Bonchev–Trinajstić information content (AvgIpc) is 2.37. The average molecular weight is 435 g/mol. The molecule has 2 aromatic rings. The molecule has 21 heavy (non-hydrogen) atoms. The smallest absolute Gasteiger partial charge is 0.243 e. The number of sulfonamides is 1. The number of nitrogens with zero attached hydrogens (tertiary/aromatic N) is 1. The Hall–Kier alpha value is -0.960. The predicted molar refractivity (Wildman–Crippen MR) is 89.2 cm³/mol. The molecule has 0 fully saturated rings. The Morgan fingerprint density at radius 2 is 1.90 bits per heavy atom. The van der Waals surface area contributed by atoms with Crippen LogP contribution in [0.5, 0.6) is 0 Å². The molecule has 0 spiro atoms. The maximum absolute atomic E-state index is 12.5. The van der Waals surface area contributed by atoms with E-state index in [2.05, 4.69) is 41.6 Å². The Kier molecular flexibility index (Phi) is 5.03. The third kappa shape index (κ3) is 3.82. The Labute approximate surface area is 140 Å². The fourth-order valence-corrected chi connectivity index (χ4v) is 5.68. The number of hydrogen-bond donors (Lipinski definition) is 2. The SMILES string of the molecule is CC(NS(=O)(=O)c1c(Br)cc(N)cc1Br)c1cccnc1. The summed E-state index contributed by atoms with van der Waals surface area (Å²) < 4.78 is 28.5. The Morgan fingerprint density at radius 3 is 2.43 bits per heavy atom. The largest absolute Gasteiger partial charge is 0.399 e. The molecule has 0 radical (unpaired) electrons. The van der Waals surface area contributed by atoms with Gasteiger partial charge in [-0.15, -0.1) is 0 Å². The first-order valence-electron chi connectivity index (χ1n) is 5.98. The van der Waals surface area contributed by atoms with Gasteiger partial charge in [0.25, 0.3) is 0 Å². The molecule has 112 valence electrons. The lowest BCUT2D eigenvalue weighted by atomic mass is 10.2. The highest BCUT2D eigenvalue weighted by Gasteiger charge is 2.24. The minimum Gasteiger partial charge on any atom is -0.399 e. The zero-order chi connectivity index (χ0) is 15.6. The maximum Gasteiger partial charge on any atom is 0.243 e. The first-order chi connectivity index (χ1) is 9.81.